The number of benzene rings is 2. The summed E-state index contributed by atoms with van der Waals surface area (Å²) in [6.45, 7) is 0. The molecule has 2 heterocycles. The zero-order valence-electron chi connectivity index (χ0n) is 16.1. The Morgan fingerprint density at radius 3 is 1.94 bits per heavy atom. The molecule has 1 unspecified atom stereocenters. The van der Waals surface area contributed by atoms with Crippen LogP contribution in [-0.4, -0.2) is 9.13 Å². The van der Waals surface area contributed by atoms with E-state index in [1.54, 1.807) is 33.9 Å². The van der Waals surface area contributed by atoms with E-state index >= 15 is 0 Å². The quantitative estimate of drug-likeness (QED) is 0.331. The fourth-order valence-corrected chi connectivity index (χ4v) is 3.89. The van der Waals surface area contributed by atoms with Gasteiger partial charge in [-0.05, 0) is 53.1 Å². The second-order valence-electron chi connectivity index (χ2n) is 7.34. The van der Waals surface area contributed by atoms with Crippen molar-refractivity contribution in [3.63, 3.8) is 0 Å². The molecule has 0 amide bonds. The number of hydrogen-bond acceptors (Lipinski definition) is 0. The molecule has 0 saturated carbocycles. The van der Waals surface area contributed by atoms with Gasteiger partial charge < -0.3 is 9.13 Å². The van der Waals surface area contributed by atoms with E-state index in [9.17, 15) is 17.6 Å². The van der Waals surface area contributed by atoms with Gasteiger partial charge in [0.15, 0.2) is 0 Å². The topological polar surface area (TPSA) is 9.86 Å². The maximum absolute atomic E-state index is 14.1. The molecule has 2 aromatic heterocycles. The standard InChI is InChI=1S/C25H16F4N2/c26-18-4-6-24(22(28)12-18)30-10-8-16(14-30)20-2-1-3-21(20)17-9-11-31(15-17)25-7-5-19(27)13-23(25)29/h1-15,20H. The first kappa shape index (κ1) is 19.2. The predicted octanol–water partition coefficient (Wildman–Crippen LogP) is 6.56. The number of allylic oxidation sites excluding steroid dienone is 4. The number of hydrogen-bond donors (Lipinski definition) is 0. The first-order chi connectivity index (χ1) is 15.0. The van der Waals surface area contributed by atoms with Gasteiger partial charge in [0.25, 0.3) is 0 Å². The zero-order valence-corrected chi connectivity index (χ0v) is 16.1. The summed E-state index contributed by atoms with van der Waals surface area (Å²) in [5.74, 6) is -2.61. The Kier molecular flexibility index (Phi) is 4.62. The average molecular weight is 420 g/mol. The van der Waals surface area contributed by atoms with Gasteiger partial charge in [-0.2, -0.15) is 0 Å². The van der Waals surface area contributed by atoms with E-state index in [1.165, 1.54) is 24.3 Å². The number of nitrogens with zero attached hydrogens (tertiary/aromatic N) is 2. The molecule has 2 nitrogen and oxygen atoms in total. The second-order valence-corrected chi connectivity index (χ2v) is 7.34. The van der Waals surface area contributed by atoms with Crippen LogP contribution >= 0.6 is 0 Å². The summed E-state index contributed by atoms with van der Waals surface area (Å²) in [5.41, 5.74) is 3.34. The molecule has 0 bridgehead atoms. The molecule has 4 aromatic rings. The second kappa shape index (κ2) is 7.47. The Bertz CT molecular complexity index is 1340. The molecule has 2 aromatic carbocycles. The maximum atomic E-state index is 14.1. The highest BCUT2D eigenvalue weighted by atomic mass is 19.1. The summed E-state index contributed by atoms with van der Waals surface area (Å²) in [4.78, 5) is 0. The largest absolute Gasteiger partial charge is 0.321 e. The summed E-state index contributed by atoms with van der Waals surface area (Å²) >= 11 is 0. The van der Waals surface area contributed by atoms with E-state index in [1.807, 2.05) is 30.4 Å². The summed E-state index contributed by atoms with van der Waals surface area (Å²) < 4.78 is 57.9. The Morgan fingerprint density at radius 2 is 1.29 bits per heavy atom. The fourth-order valence-electron chi connectivity index (χ4n) is 3.89. The molecule has 5 rings (SSSR count). The highest BCUT2D eigenvalue weighted by Gasteiger charge is 2.21. The van der Waals surface area contributed by atoms with Crippen molar-refractivity contribution in [2.45, 2.75) is 5.92 Å². The lowest BCUT2D eigenvalue weighted by Gasteiger charge is -2.12. The zero-order chi connectivity index (χ0) is 21.5. The lowest BCUT2D eigenvalue weighted by molar-refractivity contribution is 0.577. The summed E-state index contributed by atoms with van der Waals surface area (Å²) in [7, 11) is 0. The van der Waals surface area contributed by atoms with Gasteiger partial charge in [0.1, 0.15) is 23.3 Å². The molecule has 0 saturated heterocycles. The molecule has 6 heteroatoms. The van der Waals surface area contributed by atoms with Crippen LogP contribution in [0.4, 0.5) is 17.6 Å². The molecule has 154 valence electrons. The molecular weight excluding hydrogens is 404 g/mol. The van der Waals surface area contributed by atoms with Crippen LogP contribution in [0.15, 0.2) is 91.5 Å². The van der Waals surface area contributed by atoms with Crippen molar-refractivity contribution in [1.82, 2.24) is 9.13 Å². The van der Waals surface area contributed by atoms with Crippen molar-refractivity contribution in [2.75, 3.05) is 0 Å². The van der Waals surface area contributed by atoms with Gasteiger partial charge in [0.2, 0.25) is 0 Å². The monoisotopic (exact) mass is 420 g/mol. The minimum absolute atomic E-state index is 0.0707. The highest BCUT2D eigenvalue weighted by Crippen LogP contribution is 2.38. The summed E-state index contributed by atoms with van der Waals surface area (Å²) in [6, 6.07) is 10.7. The van der Waals surface area contributed by atoms with E-state index in [-0.39, 0.29) is 17.3 Å². The van der Waals surface area contributed by atoms with Crippen LogP contribution in [0.5, 0.6) is 0 Å². The lowest BCUT2D eigenvalue weighted by Crippen LogP contribution is -1.98. The Labute approximate surface area is 176 Å². The van der Waals surface area contributed by atoms with Crippen LogP contribution in [0.1, 0.15) is 17.0 Å². The highest BCUT2D eigenvalue weighted by molar-refractivity contribution is 5.77. The van der Waals surface area contributed by atoms with Crippen molar-refractivity contribution < 1.29 is 17.6 Å². The van der Waals surface area contributed by atoms with E-state index in [4.69, 9.17) is 0 Å². The number of aromatic nitrogens is 2. The van der Waals surface area contributed by atoms with Crippen LogP contribution in [0.25, 0.3) is 16.9 Å². The van der Waals surface area contributed by atoms with Gasteiger partial charge in [-0.3, -0.25) is 0 Å². The Hall–Kier alpha value is -3.80. The Balaban J connectivity index is 1.44. The van der Waals surface area contributed by atoms with E-state index in [0.29, 0.717) is 0 Å². The summed E-state index contributed by atoms with van der Waals surface area (Å²) in [5, 5.41) is 0. The Morgan fingerprint density at radius 1 is 0.677 bits per heavy atom. The van der Waals surface area contributed by atoms with Gasteiger partial charge in [-0.25, -0.2) is 17.6 Å². The van der Waals surface area contributed by atoms with Crippen molar-refractivity contribution in [3.05, 3.63) is 126 Å². The SMILES string of the molecule is Fc1ccc(-n2ccc(C3=CC=CC3c3ccn(-c4ccc(F)cc4F)c3)c2)c(F)c1. The minimum Gasteiger partial charge on any atom is -0.321 e. The van der Waals surface area contributed by atoms with Crippen LogP contribution in [0.2, 0.25) is 0 Å². The van der Waals surface area contributed by atoms with Crippen molar-refractivity contribution in [1.29, 1.82) is 0 Å². The smallest absolute Gasteiger partial charge is 0.150 e. The predicted molar refractivity (Wildman–Crippen MR) is 111 cm³/mol. The molecule has 1 aliphatic carbocycles. The van der Waals surface area contributed by atoms with Gasteiger partial charge in [-0.15, -0.1) is 0 Å². The normalized spacial score (nSPS) is 15.5. The third-order valence-electron chi connectivity index (χ3n) is 5.39. The molecule has 1 atom stereocenters. The van der Waals surface area contributed by atoms with Crippen LogP contribution in [0.3, 0.4) is 0 Å². The average Bonchev–Trinajstić information content (AvgIpc) is 3.47. The molecule has 0 radical (unpaired) electrons. The fraction of sp³-hybridized carbons (Fsp3) is 0.0400. The molecule has 0 fully saturated rings. The molecule has 0 N–H and O–H groups in total. The maximum Gasteiger partial charge on any atom is 0.150 e. The third-order valence-corrected chi connectivity index (χ3v) is 5.39. The van der Waals surface area contributed by atoms with Crippen molar-refractivity contribution >= 4 is 5.57 Å². The van der Waals surface area contributed by atoms with Crippen LogP contribution in [-0.2, 0) is 0 Å². The van der Waals surface area contributed by atoms with Crippen molar-refractivity contribution in [2.24, 2.45) is 0 Å². The van der Waals surface area contributed by atoms with E-state index in [0.717, 1.165) is 28.8 Å². The van der Waals surface area contributed by atoms with Gasteiger partial charge in [0, 0.05) is 42.8 Å². The third kappa shape index (κ3) is 3.50. The van der Waals surface area contributed by atoms with Crippen LogP contribution in [0, 0.1) is 23.3 Å². The van der Waals surface area contributed by atoms with Gasteiger partial charge in [0.05, 0.1) is 11.4 Å². The molecule has 0 spiro atoms. The van der Waals surface area contributed by atoms with E-state index in [2.05, 4.69) is 0 Å². The molecule has 31 heavy (non-hydrogen) atoms. The first-order valence-electron chi connectivity index (χ1n) is 9.65. The summed E-state index contributed by atoms with van der Waals surface area (Å²) in [6.07, 6.45) is 13.0. The first-order valence-corrected chi connectivity index (χ1v) is 9.65. The van der Waals surface area contributed by atoms with Gasteiger partial charge in [-0.1, -0.05) is 18.2 Å². The minimum atomic E-state index is -0.643. The molecular formula is C25H16F4N2. The molecule has 1 aliphatic rings. The van der Waals surface area contributed by atoms with Crippen molar-refractivity contribution in [3.8, 4) is 11.4 Å². The van der Waals surface area contributed by atoms with E-state index < -0.39 is 23.3 Å². The number of rotatable bonds is 4. The molecule has 0 aliphatic heterocycles. The lowest BCUT2D eigenvalue weighted by atomic mass is 9.92. The van der Waals surface area contributed by atoms with Crippen LogP contribution < -0.4 is 0 Å². The number of halogens is 4. The van der Waals surface area contributed by atoms with Gasteiger partial charge >= 0.3 is 0 Å².